The van der Waals surface area contributed by atoms with Crippen molar-refractivity contribution in [3.63, 3.8) is 0 Å². The number of piperidine rings is 1. The van der Waals surface area contributed by atoms with Gasteiger partial charge in [0, 0.05) is 19.0 Å². The van der Waals surface area contributed by atoms with Gasteiger partial charge in [0.2, 0.25) is 5.91 Å². The van der Waals surface area contributed by atoms with Crippen LogP contribution in [0.5, 0.6) is 11.5 Å². The highest BCUT2D eigenvalue weighted by Gasteiger charge is 2.28. The molecule has 0 unspecified atom stereocenters. The molecule has 32 heavy (non-hydrogen) atoms. The lowest BCUT2D eigenvalue weighted by atomic mass is 9.95. The Morgan fingerprint density at radius 3 is 2.50 bits per heavy atom. The largest absolute Gasteiger partial charge is 0.495 e. The molecule has 6 nitrogen and oxygen atoms in total. The van der Waals surface area contributed by atoms with E-state index in [0.717, 1.165) is 15.2 Å². The Balaban J connectivity index is 1.29. The standard InChI is InChI=1S/C25H25BrN2O4/c1-31-21-9-5-4-8-20(21)27-25(30)18-12-14-28(15-13-18)23(29)16-32-22-11-10-17-6-2-3-7-19(17)24(22)26/h2-11,18H,12-16H2,1H3,(H,27,30). The summed E-state index contributed by atoms with van der Waals surface area (Å²) in [7, 11) is 1.58. The summed E-state index contributed by atoms with van der Waals surface area (Å²) >= 11 is 3.59. The predicted octanol–water partition coefficient (Wildman–Crippen LogP) is 4.87. The number of benzene rings is 3. The zero-order valence-electron chi connectivity index (χ0n) is 17.8. The van der Waals surface area contributed by atoms with Crippen LogP contribution < -0.4 is 14.8 Å². The summed E-state index contributed by atoms with van der Waals surface area (Å²) in [5.74, 6) is 1.01. The molecular weight excluding hydrogens is 472 g/mol. The van der Waals surface area contributed by atoms with E-state index in [1.165, 1.54) is 0 Å². The number of rotatable bonds is 6. The van der Waals surface area contributed by atoms with Gasteiger partial charge >= 0.3 is 0 Å². The summed E-state index contributed by atoms with van der Waals surface area (Å²) in [6.07, 6.45) is 1.23. The topological polar surface area (TPSA) is 67.9 Å². The molecule has 1 heterocycles. The van der Waals surface area contributed by atoms with Gasteiger partial charge in [-0.1, -0.05) is 42.5 Å². The zero-order valence-corrected chi connectivity index (χ0v) is 19.4. The maximum Gasteiger partial charge on any atom is 0.260 e. The van der Waals surface area contributed by atoms with E-state index in [9.17, 15) is 9.59 Å². The summed E-state index contributed by atoms with van der Waals surface area (Å²) in [4.78, 5) is 27.1. The monoisotopic (exact) mass is 496 g/mol. The molecule has 0 bridgehead atoms. The summed E-state index contributed by atoms with van der Waals surface area (Å²) in [6, 6.07) is 19.2. The van der Waals surface area contributed by atoms with Crippen LogP contribution in [0.2, 0.25) is 0 Å². The molecule has 4 rings (SSSR count). The fraction of sp³-hybridized carbons (Fsp3) is 0.280. The number of carbonyl (C=O) groups excluding carboxylic acids is 2. The highest BCUT2D eigenvalue weighted by atomic mass is 79.9. The Kier molecular flexibility index (Phi) is 6.95. The Bertz CT molecular complexity index is 1130. The van der Waals surface area contributed by atoms with Crippen LogP contribution in [0.25, 0.3) is 10.8 Å². The number of hydrogen-bond acceptors (Lipinski definition) is 4. The zero-order chi connectivity index (χ0) is 22.5. The molecule has 1 saturated heterocycles. The van der Waals surface area contributed by atoms with Crippen molar-refractivity contribution in [1.29, 1.82) is 0 Å². The molecule has 0 saturated carbocycles. The lowest BCUT2D eigenvalue weighted by Crippen LogP contribution is -2.43. The van der Waals surface area contributed by atoms with E-state index in [1.807, 2.05) is 60.7 Å². The smallest absolute Gasteiger partial charge is 0.260 e. The van der Waals surface area contributed by atoms with Crippen molar-refractivity contribution in [2.45, 2.75) is 12.8 Å². The van der Waals surface area contributed by atoms with Crippen LogP contribution in [0, 0.1) is 5.92 Å². The average Bonchev–Trinajstić information content (AvgIpc) is 2.84. The average molecular weight is 497 g/mol. The van der Waals surface area contributed by atoms with Gasteiger partial charge in [-0.2, -0.15) is 0 Å². The van der Waals surface area contributed by atoms with Crippen molar-refractivity contribution in [1.82, 2.24) is 4.90 Å². The Morgan fingerprint density at radius 2 is 1.72 bits per heavy atom. The van der Waals surface area contributed by atoms with Crippen LogP contribution in [0.4, 0.5) is 5.69 Å². The first kappa shape index (κ1) is 22.1. The molecule has 1 fully saturated rings. The molecule has 1 aliphatic rings. The van der Waals surface area contributed by atoms with Crippen LogP contribution in [0.3, 0.4) is 0 Å². The SMILES string of the molecule is COc1ccccc1NC(=O)C1CCN(C(=O)COc2ccc3ccccc3c2Br)CC1. The quantitative estimate of drug-likeness (QED) is 0.528. The minimum absolute atomic E-state index is 0.0327. The fourth-order valence-corrected chi connectivity index (χ4v) is 4.54. The number of likely N-dealkylation sites (tertiary alicyclic amines) is 1. The normalized spacial score (nSPS) is 14.2. The molecule has 0 radical (unpaired) electrons. The van der Waals surface area contributed by atoms with E-state index in [0.29, 0.717) is 43.1 Å². The number of nitrogens with one attached hydrogen (secondary N) is 1. The third-order valence-corrected chi connectivity index (χ3v) is 6.58. The van der Waals surface area contributed by atoms with E-state index in [4.69, 9.17) is 9.47 Å². The van der Waals surface area contributed by atoms with Crippen LogP contribution >= 0.6 is 15.9 Å². The number of anilines is 1. The third kappa shape index (κ3) is 4.88. The van der Waals surface area contributed by atoms with Gasteiger partial charge in [-0.05, 0) is 57.7 Å². The number of halogens is 1. The second-order valence-corrected chi connectivity index (χ2v) is 8.53. The second kappa shape index (κ2) is 10.0. The van der Waals surface area contributed by atoms with Crippen molar-refractivity contribution in [3.8, 4) is 11.5 Å². The Labute approximate surface area is 195 Å². The maximum atomic E-state index is 12.7. The van der Waals surface area contributed by atoms with Crippen molar-refractivity contribution in [2.24, 2.45) is 5.92 Å². The maximum absolute atomic E-state index is 12.7. The van der Waals surface area contributed by atoms with Crippen molar-refractivity contribution in [2.75, 3.05) is 32.1 Å². The molecule has 0 atom stereocenters. The summed E-state index contributed by atoms with van der Waals surface area (Å²) in [5.41, 5.74) is 0.660. The van der Waals surface area contributed by atoms with Crippen LogP contribution in [-0.2, 0) is 9.59 Å². The van der Waals surface area contributed by atoms with Gasteiger partial charge in [0.15, 0.2) is 6.61 Å². The van der Waals surface area contributed by atoms with Crippen LogP contribution in [-0.4, -0.2) is 43.5 Å². The molecule has 0 spiro atoms. The number of para-hydroxylation sites is 2. The molecular formula is C25H25BrN2O4. The van der Waals surface area contributed by atoms with E-state index < -0.39 is 0 Å². The summed E-state index contributed by atoms with van der Waals surface area (Å²) < 4.78 is 11.9. The molecule has 0 aromatic heterocycles. The number of carbonyl (C=O) groups is 2. The van der Waals surface area contributed by atoms with Crippen LogP contribution in [0.1, 0.15) is 12.8 Å². The summed E-state index contributed by atoms with van der Waals surface area (Å²) in [5, 5.41) is 5.09. The number of ether oxygens (including phenoxy) is 2. The number of amides is 2. The molecule has 7 heteroatoms. The molecule has 166 valence electrons. The predicted molar refractivity (Wildman–Crippen MR) is 128 cm³/mol. The molecule has 3 aromatic rings. The number of hydrogen-bond donors (Lipinski definition) is 1. The number of nitrogens with zero attached hydrogens (tertiary/aromatic N) is 1. The fourth-order valence-electron chi connectivity index (χ4n) is 3.93. The van der Waals surface area contributed by atoms with Gasteiger partial charge in [0.1, 0.15) is 11.5 Å². The Hall–Kier alpha value is -3.06. The van der Waals surface area contributed by atoms with Gasteiger partial charge < -0.3 is 19.7 Å². The van der Waals surface area contributed by atoms with Crippen molar-refractivity contribution in [3.05, 3.63) is 65.1 Å². The van der Waals surface area contributed by atoms with E-state index in [1.54, 1.807) is 12.0 Å². The minimum atomic E-state index is -0.139. The first-order valence-electron chi connectivity index (χ1n) is 10.6. The minimum Gasteiger partial charge on any atom is -0.495 e. The third-order valence-electron chi connectivity index (χ3n) is 5.76. The van der Waals surface area contributed by atoms with E-state index in [2.05, 4.69) is 21.2 Å². The first-order valence-corrected chi connectivity index (χ1v) is 11.4. The second-order valence-electron chi connectivity index (χ2n) is 7.73. The number of methoxy groups -OCH3 is 1. The van der Waals surface area contributed by atoms with Gasteiger partial charge in [0.25, 0.3) is 5.91 Å². The lowest BCUT2D eigenvalue weighted by Gasteiger charge is -2.31. The van der Waals surface area contributed by atoms with Gasteiger partial charge in [-0.3, -0.25) is 9.59 Å². The molecule has 1 aliphatic heterocycles. The van der Waals surface area contributed by atoms with Crippen LogP contribution in [0.15, 0.2) is 65.1 Å². The molecule has 0 aliphatic carbocycles. The molecule has 1 N–H and O–H groups in total. The highest BCUT2D eigenvalue weighted by molar-refractivity contribution is 9.10. The lowest BCUT2D eigenvalue weighted by molar-refractivity contribution is -0.136. The first-order chi connectivity index (χ1) is 15.6. The van der Waals surface area contributed by atoms with Crippen molar-refractivity contribution < 1.29 is 19.1 Å². The van der Waals surface area contributed by atoms with Crippen molar-refractivity contribution >= 4 is 44.2 Å². The number of fused-ring (bicyclic) bond motifs is 1. The summed E-state index contributed by atoms with van der Waals surface area (Å²) in [6.45, 7) is 1.03. The molecule has 2 amide bonds. The Morgan fingerprint density at radius 1 is 1.00 bits per heavy atom. The van der Waals surface area contributed by atoms with E-state index in [-0.39, 0.29) is 24.3 Å². The van der Waals surface area contributed by atoms with E-state index >= 15 is 0 Å². The van der Waals surface area contributed by atoms with Gasteiger partial charge in [-0.25, -0.2) is 0 Å². The highest BCUT2D eigenvalue weighted by Crippen LogP contribution is 2.33. The molecule has 3 aromatic carbocycles. The van der Waals surface area contributed by atoms with Gasteiger partial charge in [-0.15, -0.1) is 0 Å². The van der Waals surface area contributed by atoms with Gasteiger partial charge in [0.05, 0.1) is 17.3 Å².